The molecule has 0 spiro atoms. The summed E-state index contributed by atoms with van der Waals surface area (Å²) in [5.41, 5.74) is 1.16. The highest BCUT2D eigenvalue weighted by molar-refractivity contribution is 6.31. The van der Waals surface area contributed by atoms with Gasteiger partial charge in [-0.3, -0.25) is 14.5 Å². The molecule has 1 atom stereocenters. The van der Waals surface area contributed by atoms with Crippen molar-refractivity contribution in [3.05, 3.63) is 99.9 Å². The minimum Gasteiger partial charge on any atom is -0.503 e. The predicted octanol–water partition coefficient (Wildman–Crippen LogP) is 5.48. The highest BCUT2D eigenvalue weighted by atomic mass is 35.5. The van der Waals surface area contributed by atoms with Gasteiger partial charge in [0.15, 0.2) is 11.5 Å². The lowest BCUT2D eigenvalue weighted by atomic mass is 9.96. The molecule has 1 unspecified atom stereocenters. The largest absolute Gasteiger partial charge is 0.503 e. The third kappa shape index (κ3) is 3.99. The highest BCUT2D eigenvalue weighted by Gasteiger charge is 2.45. The summed E-state index contributed by atoms with van der Waals surface area (Å²) in [6.45, 7) is 1.74. The van der Waals surface area contributed by atoms with E-state index in [2.05, 4.69) is 0 Å². The summed E-state index contributed by atoms with van der Waals surface area (Å²) in [4.78, 5) is 27.3. The van der Waals surface area contributed by atoms with Crippen molar-refractivity contribution in [2.24, 2.45) is 0 Å². The van der Waals surface area contributed by atoms with Crippen molar-refractivity contribution in [1.82, 2.24) is 0 Å². The Morgan fingerprint density at radius 1 is 1.16 bits per heavy atom. The molecular formula is C24H19ClFNO4. The molecule has 158 valence electrons. The van der Waals surface area contributed by atoms with Crippen LogP contribution in [0.2, 0.25) is 5.02 Å². The molecule has 0 saturated heterocycles. The number of ketones is 1. The molecule has 1 aliphatic rings. The fourth-order valence-electron chi connectivity index (χ4n) is 3.70. The van der Waals surface area contributed by atoms with Crippen LogP contribution in [0.4, 0.5) is 10.1 Å². The lowest BCUT2D eigenvalue weighted by molar-refractivity contribution is -0.118. The molecule has 2 aromatic carbocycles. The molecule has 0 fully saturated rings. The summed E-state index contributed by atoms with van der Waals surface area (Å²) < 4.78 is 19.4. The van der Waals surface area contributed by atoms with Gasteiger partial charge in [-0.2, -0.15) is 0 Å². The standard InChI is InChI=1S/C24H19ClFNO4/c1-14-7-12-20(31-14)22-21(19(28)11-8-15-5-3-2-4-6-15)23(29)24(30)27(22)16-9-10-18(26)17(25)13-16/h2-7,9-10,12-13,22,29H,8,11H2,1H3. The second-order valence-electron chi connectivity index (χ2n) is 7.30. The van der Waals surface area contributed by atoms with Gasteiger partial charge in [-0.1, -0.05) is 41.9 Å². The van der Waals surface area contributed by atoms with E-state index in [-0.39, 0.29) is 28.5 Å². The topological polar surface area (TPSA) is 70.8 Å². The van der Waals surface area contributed by atoms with Crippen molar-refractivity contribution < 1.29 is 23.5 Å². The Kier molecular flexibility index (Phi) is 5.65. The molecular weight excluding hydrogens is 421 g/mol. The zero-order valence-corrected chi connectivity index (χ0v) is 17.4. The number of benzene rings is 2. The molecule has 1 aromatic heterocycles. The Hall–Kier alpha value is -3.38. The lowest BCUT2D eigenvalue weighted by Crippen LogP contribution is -2.30. The van der Waals surface area contributed by atoms with E-state index >= 15 is 0 Å². The summed E-state index contributed by atoms with van der Waals surface area (Å²) >= 11 is 5.91. The average molecular weight is 440 g/mol. The van der Waals surface area contributed by atoms with Gasteiger partial charge >= 0.3 is 0 Å². The summed E-state index contributed by atoms with van der Waals surface area (Å²) in [6.07, 6.45) is 0.557. The maximum absolute atomic E-state index is 13.7. The van der Waals surface area contributed by atoms with E-state index in [1.807, 2.05) is 30.3 Å². The molecule has 0 radical (unpaired) electrons. The molecule has 2 heterocycles. The van der Waals surface area contributed by atoms with Crippen LogP contribution in [0, 0.1) is 12.7 Å². The Bertz CT molecular complexity index is 1190. The number of hydrogen-bond acceptors (Lipinski definition) is 4. The van der Waals surface area contributed by atoms with Crippen molar-refractivity contribution in [3.8, 4) is 0 Å². The summed E-state index contributed by atoms with van der Waals surface area (Å²) in [7, 11) is 0. The molecule has 1 amide bonds. The molecule has 4 rings (SSSR count). The number of amides is 1. The van der Waals surface area contributed by atoms with Crippen LogP contribution in [0.1, 0.15) is 29.5 Å². The number of rotatable bonds is 6. The fourth-order valence-corrected chi connectivity index (χ4v) is 3.87. The van der Waals surface area contributed by atoms with E-state index in [0.717, 1.165) is 11.6 Å². The number of anilines is 1. The molecule has 5 nitrogen and oxygen atoms in total. The number of carbonyl (C=O) groups is 2. The van der Waals surface area contributed by atoms with Crippen LogP contribution >= 0.6 is 11.6 Å². The van der Waals surface area contributed by atoms with E-state index < -0.39 is 23.5 Å². The Morgan fingerprint density at radius 3 is 2.55 bits per heavy atom. The first-order chi connectivity index (χ1) is 14.9. The van der Waals surface area contributed by atoms with Crippen molar-refractivity contribution in [3.63, 3.8) is 0 Å². The highest BCUT2D eigenvalue weighted by Crippen LogP contribution is 2.42. The van der Waals surface area contributed by atoms with Crippen LogP contribution in [0.3, 0.4) is 0 Å². The molecule has 1 aliphatic heterocycles. The average Bonchev–Trinajstić information content (AvgIpc) is 3.30. The number of halogens is 2. The smallest absolute Gasteiger partial charge is 0.294 e. The summed E-state index contributed by atoms with van der Waals surface area (Å²) in [5, 5.41) is 10.5. The second kappa shape index (κ2) is 8.40. The van der Waals surface area contributed by atoms with Crippen LogP contribution < -0.4 is 4.90 Å². The van der Waals surface area contributed by atoms with Gasteiger partial charge in [0.2, 0.25) is 0 Å². The summed E-state index contributed by atoms with van der Waals surface area (Å²) in [6, 6.07) is 15.6. The number of aryl methyl sites for hydroxylation is 2. The van der Waals surface area contributed by atoms with Crippen LogP contribution in [0.5, 0.6) is 0 Å². The van der Waals surface area contributed by atoms with Gasteiger partial charge in [0.25, 0.3) is 5.91 Å². The maximum Gasteiger partial charge on any atom is 0.294 e. The SMILES string of the molecule is Cc1ccc(C2C(C(=O)CCc3ccccc3)=C(O)C(=O)N2c2ccc(F)c(Cl)c2)o1. The number of Topliss-reactive ketones (excluding diaryl/α,β-unsaturated/α-hetero) is 1. The number of hydrogen-bond donors (Lipinski definition) is 1. The molecule has 0 aliphatic carbocycles. The molecule has 0 saturated carbocycles. The van der Waals surface area contributed by atoms with Crippen molar-refractivity contribution in [2.45, 2.75) is 25.8 Å². The van der Waals surface area contributed by atoms with E-state index in [9.17, 15) is 19.1 Å². The molecule has 3 aromatic rings. The van der Waals surface area contributed by atoms with Gasteiger partial charge in [-0.05, 0) is 49.2 Å². The van der Waals surface area contributed by atoms with Gasteiger partial charge in [-0.15, -0.1) is 0 Å². The van der Waals surface area contributed by atoms with E-state index in [4.69, 9.17) is 16.0 Å². The number of aliphatic hydroxyl groups is 1. The third-order valence-electron chi connectivity index (χ3n) is 5.20. The monoisotopic (exact) mass is 439 g/mol. The lowest BCUT2D eigenvalue weighted by Gasteiger charge is -2.25. The number of aliphatic hydroxyl groups excluding tert-OH is 1. The zero-order chi connectivity index (χ0) is 22.1. The fraction of sp³-hybridized carbons (Fsp3) is 0.167. The number of furan rings is 1. The van der Waals surface area contributed by atoms with Gasteiger partial charge < -0.3 is 9.52 Å². The quantitative estimate of drug-likeness (QED) is 0.552. The summed E-state index contributed by atoms with van der Waals surface area (Å²) in [5.74, 6) is -1.52. The van der Waals surface area contributed by atoms with Crippen LogP contribution in [0.25, 0.3) is 0 Å². The molecule has 1 N–H and O–H groups in total. The zero-order valence-electron chi connectivity index (χ0n) is 16.6. The molecule has 7 heteroatoms. The maximum atomic E-state index is 13.7. The minimum atomic E-state index is -0.981. The Labute approximate surface area is 183 Å². The van der Waals surface area contributed by atoms with Gasteiger partial charge in [0.1, 0.15) is 23.4 Å². The van der Waals surface area contributed by atoms with Gasteiger partial charge in [-0.25, -0.2) is 4.39 Å². The van der Waals surface area contributed by atoms with Crippen molar-refractivity contribution >= 4 is 29.0 Å². The Morgan fingerprint density at radius 2 is 1.90 bits per heavy atom. The van der Waals surface area contributed by atoms with Gasteiger partial charge in [0, 0.05) is 12.1 Å². The van der Waals surface area contributed by atoms with Crippen LogP contribution in [-0.2, 0) is 16.0 Å². The van der Waals surface area contributed by atoms with E-state index in [1.165, 1.54) is 17.0 Å². The minimum absolute atomic E-state index is 0.0456. The van der Waals surface area contributed by atoms with Crippen LogP contribution in [-0.4, -0.2) is 16.8 Å². The van der Waals surface area contributed by atoms with Crippen LogP contribution in [0.15, 0.2) is 76.4 Å². The van der Waals surface area contributed by atoms with E-state index in [0.29, 0.717) is 17.9 Å². The number of nitrogens with zero attached hydrogens (tertiary/aromatic N) is 1. The first kappa shape index (κ1) is 20.9. The normalized spacial score (nSPS) is 16.3. The molecule has 31 heavy (non-hydrogen) atoms. The van der Waals surface area contributed by atoms with E-state index in [1.54, 1.807) is 19.1 Å². The third-order valence-corrected chi connectivity index (χ3v) is 5.49. The van der Waals surface area contributed by atoms with Crippen molar-refractivity contribution in [1.29, 1.82) is 0 Å². The first-order valence-corrected chi connectivity index (χ1v) is 10.1. The predicted molar refractivity (Wildman–Crippen MR) is 115 cm³/mol. The second-order valence-corrected chi connectivity index (χ2v) is 7.70. The van der Waals surface area contributed by atoms with Crippen molar-refractivity contribution in [2.75, 3.05) is 4.90 Å². The number of carbonyl (C=O) groups excluding carboxylic acids is 2. The Balaban J connectivity index is 1.72. The van der Waals surface area contributed by atoms with Gasteiger partial charge in [0.05, 0.1) is 10.6 Å². The first-order valence-electron chi connectivity index (χ1n) is 9.72. The molecule has 0 bridgehead atoms.